The fourth-order valence-electron chi connectivity index (χ4n) is 1.37. The molecule has 1 saturated heterocycles. The van der Waals surface area contributed by atoms with Gasteiger partial charge in [-0.05, 0) is 11.6 Å². The van der Waals surface area contributed by atoms with E-state index in [-0.39, 0.29) is 11.9 Å². The molecule has 0 radical (unpaired) electrons. The van der Waals surface area contributed by atoms with Crippen LogP contribution in [-0.2, 0) is 11.2 Å². The van der Waals surface area contributed by atoms with Gasteiger partial charge in [0, 0.05) is 6.42 Å². The zero-order valence-corrected chi connectivity index (χ0v) is 7.42. The second kappa shape index (κ2) is 3.34. The number of halogens is 1. The Balaban J connectivity index is 2.25. The van der Waals surface area contributed by atoms with Crippen LogP contribution in [0.4, 0.5) is 4.39 Å². The minimum absolute atomic E-state index is 0.260. The molecule has 1 heterocycles. The first-order chi connectivity index (χ1) is 6.31. The highest BCUT2D eigenvalue weighted by atomic mass is 19.1. The summed E-state index contributed by atoms with van der Waals surface area (Å²) in [6.45, 7) is 0.777. The molecule has 1 aliphatic rings. The maximum atomic E-state index is 13.2. The van der Waals surface area contributed by atoms with Crippen LogP contribution in [0.15, 0.2) is 18.2 Å². The molecule has 1 aromatic carbocycles. The monoisotopic (exact) mass is 182 g/mol. The van der Waals surface area contributed by atoms with Gasteiger partial charge in [0.1, 0.15) is 0 Å². The number of hydrogen-bond donors (Lipinski definition) is 0. The summed E-state index contributed by atoms with van der Waals surface area (Å²) in [4.78, 5) is 0. The third kappa shape index (κ3) is 1.80. The van der Waals surface area contributed by atoms with E-state index in [1.807, 2.05) is 6.07 Å². The highest BCUT2D eigenvalue weighted by Crippen LogP contribution is 2.26. The van der Waals surface area contributed by atoms with Crippen molar-refractivity contribution in [2.75, 3.05) is 13.7 Å². The van der Waals surface area contributed by atoms with Gasteiger partial charge in [0.25, 0.3) is 0 Å². The summed E-state index contributed by atoms with van der Waals surface area (Å²) in [7, 11) is 1.48. The van der Waals surface area contributed by atoms with Gasteiger partial charge < -0.3 is 9.47 Å². The number of benzene rings is 1. The Morgan fingerprint density at radius 1 is 1.62 bits per heavy atom. The molecule has 1 aromatic rings. The SMILES string of the molecule is COc1c(F)cccc1CC1CO1. The second-order valence-corrected chi connectivity index (χ2v) is 3.09. The first kappa shape index (κ1) is 8.51. The van der Waals surface area contributed by atoms with Crippen LogP contribution in [0, 0.1) is 5.82 Å². The molecule has 2 rings (SSSR count). The predicted octanol–water partition coefficient (Wildman–Crippen LogP) is 1.78. The van der Waals surface area contributed by atoms with Gasteiger partial charge in [0.15, 0.2) is 11.6 Å². The lowest BCUT2D eigenvalue weighted by molar-refractivity contribution is 0.372. The topological polar surface area (TPSA) is 21.8 Å². The molecule has 0 spiro atoms. The van der Waals surface area contributed by atoms with Gasteiger partial charge in [-0.1, -0.05) is 12.1 Å². The Morgan fingerprint density at radius 2 is 2.38 bits per heavy atom. The molecule has 2 nitrogen and oxygen atoms in total. The Kier molecular flexibility index (Phi) is 2.19. The van der Waals surface area contributed by atoms with Crippen LogP contribution in [0.5, 0.6) is 5.75 Å². The summed E-state index contributed by atoms with van der Waals surface area (Å²) >= 11 is 0. The third-order valence-electron chi connectivity index (χ3n) is 2.10. The average Bonchev–Trinajstić information content (AvgIpc) is 2.89. The Labute approximate surface area is 76.3 Å². The molecule has 0 amide bonds. The van der Waals surface area contributed by atoms with Gasteiger partial charge in [-0.3, -0.25) is 0 Å². The Bertz CT molecular complexity index is 308. The quantitative estimate of drug-likeness (QED) is 0.664. The average molecular weight is 182 g/mol. The first-order valence-corrected chi connectivity index (χ1v) is 4.24. The zero-order chi connectivity index (χ0) is 9.26. The highest BCUT2D eigenvalue weighted by Gasteiger charge is 2.24. The van der Waals surface area contributed by atoms with Crippen LogP contribution in [0.25, 0.3) is 0 Å². The molecule has 3 heteroatoms. The maximum Gasteiger partial charge on any atom is 0.165 e. The molecule has 0 aromatic heterocycles. The number of methoxy groups -OCH3 is 1. The summed E-state index contributed by atoms with van der Waals surface area (Å²) < 4.78 is 23.2. The molecule has 1 unspecified atom stereocenters. The van der Waals surface area contributed by atoms with E-state index >= 15 is 0 Å². The molecule has 1 atom stereocenters. The van der Waals surface area contributed by atoms with E-state index in [1.54, 1.807) is 6.07 Å². The lowest BCUT2D eigenvalue weighted by Crippen LogP contribution is -1.99. The molecular weight excluding hydrogens is 171 g/mol. The van der Waals surface area contributed by atoms with Crippen LogP contribution in [-0.4, -0.2) is 19.8 Å². The van der Waals surface area contributed by atoms with Gasteiger partial charge in [-0.2, -0.15) is 0 Å². The fraction of sp³-hybridized carbons (Fsp3) is 0.400. The Morgan fingerprint density at radius 3 is 3.00 bits per heavy atom. The minimum Gasteiger partial charge on any atom is -0.493 e. The van der Waals surface area contributed by atoms with E-state index in [2.05, 4.69) is 0 Å². The normalized spacial score (nSPS) is 20.0. The van der Waals surface area contributed by atoms with E-state index < -0.39 is 0 Å². The predicted molar refractivity (Wildman–Crippen MR) is 46.4 cm³/mol. The summed E-state index contributed by atoms with van der Waals surface area (Å²) in [6, 6.07) is 4.95. The molecule has 13 heavy (non-hydrogen) atoms. The van der Waals surface area contributed by atoms with E-state index in [1.165, 1.54) is 13.2 Å². The van der Waals surface area contributed by atoms with Crippen molar-refractivity contribution < 1.29 is 13.9 Å². The van der Waals surface area contributed by atoms with Crippen molar-refractivity contribution >= 4 is 0 Å². The molecule has 1 fully saturated rings. The number of hydrogen-bond acceptors (Lipinski definition) is 2. The highest BCUT2D eigenvalue weighted by molar-refractivity contribution is 5.35. The molecule has 0 aliphatic carbocycles. The standard InChI is InChI=1S/C10H11FO2/c1-12-10-7(5-8-6-13-8)3-2-4-9(10)11/h2-4,8H,5-6H2,1H3. The minimum atomic E-state index is -0.305. The molecule has 0 N–H and O–H groups in total. The van der Waals surface area contributed by atoms with Crippen LogP contribution in [0.2, 0.25) is 0 Å². The van der Waals surface area contributed by atoms with E-state index in [0.29, 0.717) is 5.75 Å². The second-order valence-electron chi connectivity index (χ2n) is 3.09. The van der Waals surface area contributed by atoms with Gasteiger partial charge >= 0.3 is 0 Å². The van der Waals surface area contributed by atoms with Crippen molar-refractivity contribution in [3.8, 4) is 5.75 Å². The van der Waals surface area contributed by atoms with Gasteiger partial charge in [-0.15, -0.1) is 0 Å². The third-order valence-corrected chi connectivity index (χ3v) is 2.10. The van der Waals surface area contributed by atoms with E-state index in [0.717, 1.165) is 18.6 Å². The van der Waals surface area contributed by atoms with Crippen molar-refractivity contribution in [2.24, 2.45) is 0 Å². The molecular formula is C10H11FO2. The van der Waals surface area contributed by atoms with Crippen molar-refractivity contribution in [2.45, 2.75) is 12.5 Å². The summed E-state index contributed by atoms with van der Waals surface area (Å²) in [6.07, 6.45) is 0.997. The number of para-hydroxylation sites is 1. The Hall–Kier alpha value is -1.09. The van der Waals surface area contributed by atoms with E-state index in [4.69, 9.17) is 9.47 Å². The van der Waals surface area contributed by atoms with Crippen LogP contribution >= 0.6 is 0 Å². The summed E-state index contributed by atoms with van der Waals surface area (Å²) in [5.74, 6) is 0.0404. The number of rotatable bonds is 3. The maximum absolute atomic E-state index is 13.2. The smallest absolute Gasteiger partial charge is 0.165 e. The van der Waals surface area contributed by atoms with Crippen molar-refractivity contribution in [1.29, 1.82) is 0 Å². The lowest BCUT2D eigenvalue weighted by atomic mass is 10.1. The summed E-state index contributed by atoms with van der Waals surface area (Å²) in [5, 5.41) is 0. The number of epoxide rings is 1. The van der Waals surface area contributed by atoms with Crippen molar-refractivity contribution in [1.82, 2.24) is 0 Å². The zero-order valence-electron chi connectivity index (χ0n) is 7.42. The molecule has 70 valence electrons. The summed E-state index contributed by atoms with van der Waals surface area (Å²) in [5.41, 5.74) is 0.880. The largest absolute Gasteiger partial charge is 0.493 e. The van der Waals surface area contributed by atoms with Crippen molar-refractivity contribution in [3.05, 3.63) is 29.6 Å². The van der Waals surface area contributed by atoms with Crippen LogP contribution in [0.3, 0.4) is 0 Å². The fourth-order valence-corrected chi connectivity index (χ4v) is 1.37. The van der Waals surface area contributed by atoms with Crippen molar-refractivity contribution in [3.63, 3.8) is 0 Å². The van der Waals surface area contributed by atoms with Gasteiger partial charge in [0.05, 0.1) is 19.8 Å². The number of ether oxygens (including phenoxy) is 2. The molecule has 0 saturated carbocycles. The van der Waals surface area contributed by atoms with Crippen LogP contribution < -0.4 is 4.74 Å². The van der Waals surface area contributed by atoms with Gasteiger partial charge in [-0.25, -0.2) is 4.39 Å². The van der Waals surface area contributed by atoms with Gasteiger partial charge in [0.2, 0.25) is 0 Å². The first-order valence-electron chi connectivity index (χ1n) is 4.24. The van der Waals surface area contributed by atoms with Crippen LogP contribution in [0.1, 0.15) is 5.56 Å². The molecule has 0 bridgehead atoms. The molecule has 1 aliphatic heterocycles. The lowest BCUT2D eigenvalue weighted by Gasteiger charge is -2.07. The van der Waals surface area contributed by atoms with E-state index in [9.17, 15) is 4.39 Å².